The Kier molecular flexibility index (Phi) is 4.28. The van der Waals surface area contributed by atoms with Crippen molar-refractivity contribution in [2.24, 2.45) is 0 Å². The maximum atomic E-state index is 11.0. The average Bonchev–Trinajstić information content (AvgIpc) is 3.10. The molecule has 0 bridgehead atoms. The highest BCUT2D eigenvalue weighted by Crippen LogP contribution is 2.27. The van der Waals surface area contributed by atoms with Gasteiger partial charge in [-0.25, -0.2) is 4.79 Å². The van der Waals surface area contributed by atoms with Crippen LogP contribution in [-0.2, 0) is 6.42 Å². The van der Waals surface area contributed by atoms with Gasteiger partial charge in [-0.3, -0.25) is 0 Å². The van der Waals surface area contributed by atoms with Crippen molar-refractivity contribution in [1.29, 1.82) is 0 Å². The van der Waals surface area contributed by atoms with Gasteiger partial charge in [0.05, 0.1) is 5.56 Å². The number of hydrogen-bond donors (Lipinski definition) is 2. The standard InChI is InChI=1S/C24H21NO2/c1-15-11-16(2)22-9-7-19(14-20(22)12-15)23-10-8-21(25-23)13-17-3-5-18(6-4-17)24(26)27/h3-12,14,25H,13H2,1-2H3,(H,26,27). The number of rotatable bonds is 4. The molecule has 0 aliphatic heterocycles. The van der Waals surface area contributed by atoms with Gasteiger partial charge in [0.25, 0.3) is 0 Å². The van der Waals surface area contributed by atoms with E-state index in [1.54, 1.807) is 12.1 Å². The molecule has 0 unspecified atom stereocenters. The number of benzene rings is 3. The first-order chi connectivity index (χ1) is 13.0. The minimum Gasteiger partial charge on any atom is -0.478 e. The van der Waals surface area contributed by atoms with Crippen molar-refractivity contribution in [1.82, 2.24) is 4.98 Å². The van der Waals surface area contributed by atoms with E-state index < -0.39 is 5.97 Å². The third-order valence-corrected chi connectivity index (χ3v) is 4.96. The van der Waals surface area contributed by atoms with E-state index >= 15 is 0 Å². The van der Waals surface area contributed by atoms with Crippen molar-refractivity contribution in [3.05, 3.63) is 94.7 Å². The SMILES string of the molecule is Cc1cc(C)c2ccc(-c3ccc(Cc4ccc(C(=O)O)cc4)[nH]3)cc2c1. The molecule has 3 heteroatoms. The van der Waals surface area contributed by atoms with Crippen LogP contribution < -0.4 is 0 Å². The highest BCUT2D eigenvalue weighted by atomic mass is 16.4. The van der Waals surface area contributed by atoms with Gasteiger partial charge < -0.3 is 10.1 Å². The zero-order valence-corrected chi connectivity index (χ0v) is 15.4. The zero-order chi connectivity index (χ0) is 19.0. The van der Waals surface area contributed by atoms with E-state index in [0.717, 1.165) is 23.4 Å². The minimum absolute atomic E-state index is 0.313. The van der Waals surface area contributed by atoms with Gasteiger partial charge in [0.1, 0.15) is 0 Å². The summed E-state index contributed by atoms with van der Waals surface area (Å²) in [7, 11) is 0. The molecule has 0 spiro atoms. The van der Waals surface area contributed by atoms with Crippen LogP contribution in [-0.4, -0.2) is 16.1 Å². The van der Waals surface area contributed by atoms with Crippen molar-refractivity contribution < 1.29 is 9.90 Å². The normalized spacial score (nSPS) is 11.0. The van der Waals surface area contributed by atoms with Crippen molar-refractivity contribution in [3.63, 3.8) is 0 Å². The Bertz CT molecular complexity index is 1140. The summed E-state index contributed by atoms with van der Waals surface area (Å²) >= 11 is 0. The lowest BCUT2D eigenvalue weighted by molar-refractivity contribution is 0.0697. The van der Waals surface area contributed by atoms with E-state index in [0.29, 0.717) is 5.56 Å². The van der Waals surface area contributed by atoms with Gasteiger partial charge in [0.2, 0.25) is 0 Å². The summed E-state index contributed by atoms with van der Waals surface area (Å²) in [5, 5.41) is 11.5. The molecule has 3 nitrogen and oxygen atoms in total. The second kappa shape index (κ2) is 6.76. The van der Waals surface area contributed by atoms with Crippen LogP contribution in [0.4, 0.5) is 0 Å². The number of carbonyl (C=O) groups is 1. The zero-order valence-electron chi connectivity index (χ0n) is 15.4. The van der Waals surface area contributed by atoms with Crippen molar-refractivity contribution in [2.75, 3.05) is 0 Å². The fourth-order valence-electron chi connectivity index (χ4n) is 3.61. The fourth-order valence-corrected chi connectivity index (χ4v) is 3.61. The summed E-state index contributed by atoms with van der Waals surface area (Å²) in [4.78, 5) is 14.5. The molecule has 4 aromatic rings. The third-order valence-electron chi connectivity index (χ3n) is 4.96. The molecule has 4 rings (SSSR count). The van der Waals surface area contributed by atoms with Crippen molar-refractivity contribution in [2.45, 2.75) is 20.3 Å². The third kappa shape index (κ3) is 3.49. The second-order valence-corrected chi connectivity index (χ2v) is 7.09. The Morgan fingerprint density at radius 1 is 0.926 bits per heavy atom. The average molecular weight is 355 g/mol. The first-order valence-corrected chi connectivity index (χ1v) is 9.01. The topological polar surface area (TPSA) is 53.1 Å². The molecular formula is C24H21NO2. The number of aromatic amines is 1. The monoisotopic (exact) mass is 355 g/mol. The summed E-state index contributed by atoms with van der Waals surface area (Å²) in [6, 6.07) is 22.2. The maximum Gasteiger partial charge on any atom is 0.335 e. The van der Waals surface area contributed by atoms with E-state index in [1.165, 1.54) is 27.5 Å². The maximum absolute atomic E-state index is 11.0. The van der Waals surface area contributed by atoms with Crippen LogP contribution in [0.15, 0.2) is 66.7 Å². The predicted octanol–water partition coefficient (Wildman–Crippen LogP) is 5.74. The molecule has 0 amide bonds. The van der Waals surface area contributed by atoms with Gasteiger partial charge in [-0.15, -0.1) is 0 Å². The Balaban J connectivity index is 1.60. The molecule has 2 N–H and O–H groups in total. The Labute approximate surface area is 158 Å². The molecule has 1 aromatic heterocycles. The lowest BCUT2D eigenvalue weighted by atomic mass is 9.99. The van der Waals surface area contributed by atoms with Crippen LogP contribution in [0, 0.1) is 13.8 Å². The number of aromatic carboxylic acids is 1. The van der Waals surface area contributed by atoms with Crippen LogP contribution in [0.1, 0.15) is 32.7 Å². The van der Waals surface area contributed by atoms with Crippen molar-refractivity contribution in [3.8, 4) is 11.3 Å². The van der Waals surface area contributed by atoms with Crippen LogP contribution in [0.2, 0.25) is 0 Å². The second-order valence-electron chi connectivity index (χ2n) is 7.09. The quantitative estimate of drug-likeness (QED) is 0.490. The van der Waals surface area contributed by atoms with Gasteiger partial charge in [-0.05, 0) is 71.6 Å². The van der Waals surface area contributed by atoms with Crippen LogP contribution in [0.5, 0.6) is 0 Å². The highest BCUT2D eigenvalue weighted by molar-refractivity contribution is 5.90. The van der Waals surface area contributed by atoms with Crippen molar-refractivity contribution >= 4 is 16.7 Å². The van der Waals surface area contributed by atoms with E-state index in [1.807, 2.05) is 12.1 Å². The number of nitrogens with one attached hydrogen (secondary N) is 1. The largest absolute Gasteiger partial charge is 0.478 e. The summed E-state index contributed by atoms with van der Waals surface area (Å²) < 4.78 is 0. The molecule has 0 aliphatic carbocycles. The number of H-pyrrole nitrogens is 1. The van der Waals surface area contributed by atoms with Gasteiger partial charge >= 0.3 is 5.97 Å². The molecule has 0 atom stereocenters. The molecule has 3 aromatic carbocycles. The molecule has 1 heterocycles. The van der Waals surface area contributed by atoms with Crippen LogP contribution in [0.25, 0.3) is 22.0 Å². The van der Waals surface area contributed by atoms with Gasteiger partial charge in [0, 0.05) is 17.8 Å². The lowest BCUT2D eigenvalue weighted by Crippen LogP contribution is -1.96. The molecule has 0 fully saturated rings. The molecule has 0 saturated heterocycles. The van der Waals surface area contributed by atoms with Crippen LogP contribution >= 0.6 is 0 Å². The molecule has 134 valence electrons. The predicted molar refractivity (Wildman–Crippen MR) is 109 cm³/mol. The number of carboxylic acids is 1. The Hall–Kier alpha value is -3.33. The minimum atomic E-state index is -0.898. The van der Waals surface area contributed by atoms with E-state index in [4.69, 9.17) is 5.11 Å². The Morgan fingerprint density at radius 3 is 2.44 bits per heavy atom. The first kappa shape index (κ1) is 17.1. The summed E-state index contributed by atoms with van der Waals surface area (Å²) in [5.41, 5.74) is 7.33. The van der Waals surface area contributed by atoms with Gasteiger partial charge in [0.15, 0.2) is 0 Å². The highest BCUT2D eigenvalue weighted by Gasteiger charge is 2.07. The molecular weight excluding hydrogens is 334 g/mol. The van der Waals surface area contributed by atoms with Gasteiger partial charge in [-0.1, -0.05) is 42.0 Å². The molecule has 0 saturated carbocycles. The number of hydrogen-bond acceptors (Lipinski definition) is 1. The number of aromatic nitrogens is 1. The number of carboxylic acid groups (broad SMARTS) is 1. The number of fused-ring (bicyclic) bond motifs is 1. The smallest absolute Gasteiger partial charge is 0.335 e. The number of aryl methyl sites for hydroxylation is 2. The van der Waals surface area contributed by atoms with E-state index in [-0.39, 0.29) is 0 Å². The van der Waals surface area contributed by atoms with Gasteiger partial charge in [-0.2, -0.15) is 0 Å². The first-order valence-electron chi connectivity index (χ1n) is 9.01. The van der Waals surface area contributed by atoms with E-state index in [2.05, 4.69) is 61.3 Å². The van der Waals surface area contributed by atoms with E-state index in [9.17, 15) is 4.79 Å². The lowest BCUT2D eigenvalue weighted by Gasteiger charge is -2.07. The van der Waals surface area contributed by atoms with Crippen LogP contribution in [0.3, 0.4) is 0 Å². The summed E-state index contributed by atoms with van der Waals surface area (Å²) in [6.45, 7) is 4.28. The fraction of sp³-hybridized carbons (Fsp3) is 0.125. The molecule has 0 radical (unpaired) electrons. The Morgan fingerprint density at radius 2 is 1.70 bits per heavy atom. The summed E-state index contributed by atoms with van der Waals surface area (Å²) in [6.07, 6.45) is 0.742. The molecule has 0 aliphatic rings. The molecule has 27 heavy (non-hydrogen) atoms. The summed E-state index contributed by atoms with van der Waals surface area (Å²) in [5.74, 6) is -0.898.